The Morgan fingerprint density at radius 2 is 1.82 bits per heavy atom. The van der Waals surface area contributed by atoms with E-state index in [2.05, 4.69) is 37.8 Å². The minimum absolute atomic E-state index is 0.354. The summed E-state index contributed by atoms with van der Waals surface area (Å²) >= 11 is 0. The smallest absolute Gasteiger partial charge is 0.0125 e. The van der Waals surface area contributed by atoms with Crippen molar-refractivity contribution >= 4 is 0 Å². The van der Waals surface area contributed by atoms with Crippen molar-refractivity contribution in [3.63, 3.8) is 0 Å². The van der Waals surface area contributed by atoms with Crippen LogP contribution in [0, 0.1) is 11.8 Å². The molecule has 1 heteroatoms. The van der Waals surface area contributed by atoms with Gasteiger partial charge in [0.15, 0.2) is 0 Å². The fraction of sp³-hybridized carbons (Fsp3) is 0.875. The van der Waals surface area contributed by atoms with Gasteiger partial charge in [-0.15, -0.1) is 0 Å². The molecule has 0 aromatic rings. The van der Waals surface area contributed by atoms with Gasteiger partial charge >= 0.3 is 0 Å². The van der Waals surface area contributed by atoms with Crippen LogP contribution in [0.4, 0.5) is 0 Å². The zero-order valence-electron chi connectivity index (χ0n) is 11.9. The molecular weight excluding hydrogens is 206 g/mol. The molecule has 0 amide bonds. The Bertz CT molecular complexity index is 261. The number of hydrogen-bond acceptors (Lipinski definition) is 1. The summed E-state index contributed by atoms with van der Waals surface area (Å²) in [5.41, 5.74) is 0.354. The molecule has 0 spiro atoms. The molecule has 1 nitrogen and oxygen atoms in total. The van der Waals surface area contributed by atoms with Crippen LogP contribution in [0.1, 0.15) is 59.3 Å². The molecule has 17 heavy (non-hydrogen) atoms. The number of allylic oxidation sites excluding steroid dienone is 2. The maximum absolute atomic E-state index is 2.69. The summed E-state index contributed by atoms with van der Waals surface area (Å²) in [4.78, 5) is 2.69. The van der Waals surface area contributed by atoms with Crippen LogP contribution in [-0.4, -0.2) is 23.5 Å². The van der Waals surface area contributed by atoms with E-state index in [-0.39, 0.29) is 0 Å². The fourth-order valence-corrected chi connectivity index (χ4v) is 3.39. The van der Waals surface area contributed by atoms with Gasteiger partial charge in [-0.2, -0.15) is 0 Å². The first-order valence-electron chi connectivity index (χ1n) is 7.47. The highest BCUT2D eigenvalue weighted by atomic mass is 15.2. The normalized spacial score (nSPS) is 34.3. The first-order chi connectivity index (χ1) is 8.07. The van der Waals surface area contributed by atoms with E-state index in [1.54, 1.807) is 0 Å². The van der Waals surface area contributed by atoms with E-state index in [4.69, 9.17) is 0 Å². The summed E-state index contributed by atoms with van der Waals surface area (Å²) in [7, 11) is 0. The first-order valence-corrected chi connectivity index (χ1v) is 7.47. The topological polar surface area (TPSA) is 3.24 Å². The van der Waals surface area contributed by atoms with Crippen molar-refractivity contribution < 1.29 is 0 Å². The molecule has 0 radical (unpaired) electrons. The lowest BCUT2D eigenvalue weighted by molar-refractivity contribution is 0.0443. The van der Waals surface area contributed by atoms with E-state index in [0.29, 0.717) is 5.54 Å². The Kier molecular flexibility index (Phi) is 4.30. The van der Waals surface area contributed by atoms with Crippen LogP contribution in [0.25, 0.3) is 0 Å². The second kappa shape index (κ2) is 5.56. The van der Waals surface area contributed by atoms with Crippen LogP contribution >= 0.6 is 0 Å². The Labute approximate surface area is 107 Å². The lowest BCUT2D eigenvalue weighted by Gasteiger charge is -2.45. The Hall–Kier alpha value is -0.300. The van der Waals surface area contributed by atoms with Crippen molar-refractivity contribution in [3.05, 3.63) is 12.2 Å². The van der Waals surface area contributed by atoms with E-state index in [9.17, 15) is 0 Å². The van der Waals surface area contributed by atoms with Gasteiger partial charge in [0, 0.05) is 12.1 Å². The van der Waals surface area contributed by atoms with Crippen molar-refractivity contribution in [2.45, 2.75) is 64.8 Å². The maximum atomic E-state index is 2.69. The summed E-state index contributed by atoms with van der Waals surface area (Å²) in [6.45, 7) is 9.71. The fourth-order valence-electron chi connectivity index (χ4n) is 3.39. The minimum atomic E-state index is 0.354. The second-order valence-electron chi connectivity index (χ2n) is 6.92. The number of nitrogens with zero attached hydrogens (tertiary/aromatic N) is 1. The van der Waals surface area contributed by atoms with Crippen molar-refractivity contribution in [1.82, 2.24) is 4.90 Å². The third kappa shape index (κ3) is 3.58. The zero-order valence-corrected chi connectivity index (χ0v) is 11.9. The predicted octanol–water partition coefficient (Wildman–Crippen LogP) is 4.24. The summed E-state index contributed by atoms with van der Waals surface area (Å²) in [6.07, 6.45) is 13.2. The molecule has 98 valence electrons. The molecule has 1 aliphatic heterocycles. The summed E-state index contributed by atoms with van der Waals surface area (Å²) in [6, 6.07) is 0. The SMILES string of the molecule is CC(C)(C)N1CCC2CCCC/C=C\CC2C1. The Balaban J connectivity index is 2.00. The van der Waals surface area contributed by atoms with Crippen LogP contribution in [0.3, 0.4) is 0 Å². The van der Waals surface area contributed by atoms with Gasteiger partial charge in [-0.25, -0.2) is 0 Å². The van der Waals surface area contributed by atoms with E-state index in [1.165, 1.54) is 51.6 Å². The van der Waals surface area contributed by atoms with Crippen molar-refractivity contribution in [3.8, 4) is 0 Å². The molecule has 1 fully saturated rings. The van der Waals surface area contributed by atoms with Gasteiger partial charge in [-0.1, -0.05) is 25.0 Å². The molecule has 0 saturated carbocycles. The highest BCUT2D eigenvalue weighted by molar-refractivity contribution is 4.93. The number of hydrogen-bond donors (Lipinski definition) is 0. The van der Waals surface area contributed by atoms with Gasteiger partial charge in [0.05, 0.1) is 0 Å². The Morgan fingerprint density at radius 1 is 1.00 bits per heavy atom. The minimum Gasteiger partial charge on any atom is -0.298 e. The quantitative estimate of drug-likeness (QED) is 0.568. The zero-order chi connectivity index (χ0) is 12.3. The molecule has 2 rings (SSSR count). The summed E-state index contributed by atoms with van der Waals surface area (Å²) in [5.74, 6) is 1.91. The van der Waals surface area contributed by atoms with Gasteiger partial charge in [0.2, 0.25) is 0 Å². The van der Waals surface area contributed by atoms with Crippen LogP contribution in [-0.2, 0) is 0 Å². The van der Waals surface area contributed by atoms with Gasteiger partial charge in [-0.05, 0) is 64.8 Å². The van der Waals surface area contributed by atoms with Crippen molar-refractivity contribution in [1.29, 1.82) is 0 Å². The van der Waals surface area contributed by atoms with Crippen LogP contribution in [0.15, 0.2) is 12.2 Å². The average Bonchev–Trinajstić information content (AvgIpc) is 2.38. The molecule has 1 aliphatic carbocycles. The largest absolute Gasteiger partial charge is 0.298 e. The molecule has 2 aliphatic rings. The van der Waals surface area contributed by atoms with Gasteiger partial charge in [0.25, 0.3) is 0 Å². The molecule has 2 unspecified atom stereocenters. The number of piperidine rings is 1. The summed E-state index contributed by atoms with van der Waals surface area (Å²) in [5, 5.41) is 0. The third-order valence-corrected chi connectivity index (χ3v) is 4.64. The van der Waals surface area contributed by atoms with Crippen LogP contribution in [0.5, 0.6) is 0 Å². The van der Waals surface area contributed by atoms with E-state index < -0.39 is 0 Å². The Morgan fingerprint density at radius 3 is 2.59 bits per heavy atom. The molecule has 0 aromatic heterocycles. The number of rotatable bonds is 0. The highest BCUT2D eigenvalue weighted by Crippen LogP contribution is 2.34. The third-order valence-electron chi connectivity index (χ3n) is 4.64. The van der Waals surface area contributed by atoms with Crippen LogP contribution in [0.2, 0.25) is 0 Å². The van der Waals surface area contributed by atoms with Gasteiger partial charge in [0.1, 0.15) is 0 Å². The van der Waals surface area contributed by atoms with E-state index >= 15 is 0 Å². The van der Waals surface area contributed by atoms with Gasteiger partial charge in [-0.3, -0.25) is 4.90 Å². The first kappa shape index (κ1) is 13.1. The van der Waals surface area contributed by atoms with Crippen molar-refractivity contribution in [2.75, 3.05) is 13.1 Å². The van der Waals surface area contributed by atoms with E-state index in [1.807, 2.05) is 0 Å². The van der Waals surface area contributed by atoms with Crippen LogP contribution < -0.4 is 0 Å². The van der Waals surface area contributed by atoms with E-state index in [0.717, 1.165) is 11.8 Å². The van der Waals surface area contributed by atoms with Crippen molar-refractivity contribution in [2.24, 2.45) is 11.8 Å². The lowest BCUT2D eigenvalue weighted by atomic mass is 9.79. The molecular formula is C16H29N. The molecule has 0 aromatic carbocycles. The standard InChI is InChI=1S/C16H29N/c1-16(2,3)17-12-11-14-9-7-5-4-6-8-10-15(14)13-17/h6,8,14-15H,4-5,7,9-13H2,1-3H3/b8-6-. The second-order valence-corrected chi connectivity index (χ2v) is 6.92. The molecule has 1 heterocycles. The predicted molar refractivity (Wildman–Crippen MR) is 75.1 cm³/mol. The number of likely N-dealkylation sites (tertiary alicyclic amines) is 1. The molecule has 0 N–H and O–H groups in total. The van der Waals surface area contributed by atoms with Gasteiger partial charge < -0.3 is 0 Å². The highest BCUT2D eigenvalue weighted by Gasteiger charge is 2.32. The molecule has 1 saturated heterocycles. The monoisotopic (exact) mass is 235 g/mol. The summed E-state index contributed by atoms with van der Waals surface area (Å²) < 4.78 is 0. The molecule has 2 atom stereocenters. The molecule has 0 bridgehead atoms. The average molecular weight is 235 g/mol. The maximum Gasteiger partial charge on any atom is 0.0125 e. The lowest BCUT2D eigenvalue weighted by Crippen LogP contribution is -2.49. The number of fused-ring (bicyclic) bond motifs is 1.